The number of unbranched alkanes of at least 4 members (excludes halogenated alkanes) is 12. The van der Waals surface area contributed by atoms with Crippen molar-refractivity contribution in [2.75, 3.05) is 73.9 Å². The topological polar surface area (TPSA) is 25.8 Å². The average Bonchev–Trinajstić information content (AvgIpc) is 1.68. The Balaban J connectivity index is -0.00000104. The second kappa shape index (κ2) is 70.1. The van der Waals surface area contributed by atoms with E-state index in [9.17, 15) is 0 Å². The summed E-state index contributed by atoms with van der Waals surface area (Å²) in [4.78, 5) is 3.71. The number of fused-ring (bicyclic) bond motifs is 1. The van der Waals surface area contributed by atoms with E-state index in [1.807, 2.05) is 97.1 Å². The smallest absolute Gasteiger partial charge is 0.366 e. The molecular weight excluding hydrogens is 1620 g/mol. The average molecular weight is 1750 g/mol. The summed E-state index contributed by atoms with van der Waals surface area (Å²) in [5.41, 5.74) is 5.46. The van der Waals surface area contributed by atoms with Crippen molar-refractivity contribution >= 4 is 77.1 Å². The molecule has 11 heteroatoms. The number of aromatic nitrogens is 2. The molecule has 0 saturated heterocycles. The van der Waals surface area contributed by atoms with Gasteiger partial charge in [0.2, 0.25) is 0 Å². The van der Waals surface area contributed by atoms with Crippen molar-refractivity contribution in [2.45, 2.75) is 237 Å². The van der Waals surface area contributed by atoms with Gasteiger partial charge in [-0.3, -0.25) is 23.7 Å². The largest absolute Gasteiger partial charge is 2.00 e. The molecule has 6 rings (SSSR count). The molecule has 6 aromatic rings. The summed E-state index contributed by atoms with van der Waals surface area (Å²) in [5.74, 6) is 9.39. The van der Waals surface area contributed by atoms with Gasteiger partial charge in [-0.1, -0.05) is 231 Å². The minimum absolute atomic E-state index is 0. The van der Waals surface area contributed by atoms with E-state index in [1.54, 1.807) is 73.9 Å². The van der Waals surface area contributed by atoms with Gasteiger partial charge in [0.05, 0.1) is 85.7 Å². The van der Waals surface area contributed by atoms with Gasteiger partial charge in [0.25, 0.3) is 0 Å². The quantitative estimate of drug-likeness (QED) is 0.0219. The molecule has 0 amide bonds. The van der Waals surface area contributed by atoms with Gasteiger partial charge >= 0.3 is 42.1 Å². The number of hydrogen-bond acceptors (Lipinski definition) is 5. The van der Waals surface area contributed by atoms with Crippen molar-refractivity contribution in [3.63, 3.8) is 0 Å². The predicted octanol–water partition coefficient (Wildman–Crippen LogP) is 26.7. The maximum absolute atomic E-state index is 7.23. The third-order valence-corrected chi connectivity index (χ3v) is 31.2. The Kier molecular flexibility index (Phi) is 71.9. The van der Waals surface area contributed by atoms with E-state index in [0.29, 0.717) is 0 Å². The summed E-state index contributed by atoms with van der Waals surface area (Å²) in [6, 6.07) is 30.6. The van der Waals surface area contributed by atoms with Gasteiger partial charge in [-0.2, -0.15) is 8.75 Å². The minimum Gasteiger partial charge on any atom is -0.366 e. The van der Waals surface area contributed by atoms with Gasteiger partial charge < -0.3 is 25.7 Å². The maximum atomic E-state index is 7.23. The van der Waals surface area contributed by atoms with Gasteiger partial charge in [-0.15, -0.1) is 47.5 Å². The van der Waals surface area contributed by atoms with E-state index in [1.165, 1.54) is 189 Å². The number of rotatable bonds is 38. The Morgan fingerprint density at radius 2 is 0.505 bits per heavy atom. The molecule has 520 valence electrons. The SMILES string of the molecule is CCCC[PH+](CCCC)CCCC.CCCC[PH+](CCCC)CCCC.CCCC[PH+](CCCC)CCCC.CCCC[PH+](CCCC)CCCC.[C-]#Cc1ccc(-c2ccc(-c3ccc(C#[C-])s3)c3nsnc23)s1.[C-]#Cc1ccccc1.[C-]#Cc1ccccc1.[Pt+2].[Pt+2]. The third kappa shape index (κ3) is 49.4. The van der Waals surface area contributed by atoms with Crippen LogP contribution in [0.2, 0.25) is 0 Å². The normalized spacial score (nSPS) is 10.2. The first-order chi connectivity index (χ1) is 44.5. The maximum Gasteiger partial charge on any atom is 2.00 e. The Morgan fingerprint density at radius 3 is 0.667 bits per heavy atom. The summed E-state index contributed by atoms with van der Waals surface area (Å²) >= 11 is 4.24. The van der Waals surface area contributed by atoms with Crippen LogP contribution in [-0.4, -0.2) is 82.7 Å². The van der Waals surface area contributed by atoms with E-state index in [2.05, 4.69) is 116 Å². The van der Waals surface area contributed by atoms with Gasteiger partial charge in [0.1, 0.15) is 11.0 Å². The van der Waals surface area contributed by atoms with Gasteiger partial charge in [-0.25, -0.2) is 22.7 Å². The Morgan fingerprint density at radius 1 is 0.290 bits per heavy atom. The molecule has 93 heavy (non-hydrogen) atoms. The zero-order valence-corrected chi connectivity index (χ0v) is 71.4. The van der Waals surface area contributed by atoms with Crippen LogP contribution >= 0.6 is 66.1 Å². The van der Waals surface area contributed by atoms with Gasteiger partial charge in [0.15, 0.2) is 0 Å². The zero-order chi connectivity index (χ0) is 67.2. The summed E-state index contributed by atoms with van der Waals surface area (Å²) in [7, 11) is 0.270. The first kappa shape index (κ1) is 95.4. The number of benzene rings is 3. The predicted molar refractivity (Wildman–Crippen MR) is 432 cm³/mol. The minimum atomic E-state index is 0. The monoisotopic (exact) mass is 1750 g/mol. The fourth-order valence-electron chi connectivity index (χ4n) is 10.0. The Bertz CT molecular complexity index is 2420. The van der Waals surface area contributed by atoms with E-state index >= 15 is 0 Å². The summed E-state index contributed by atoms with van der Waals surface area (Å²) in [5, 5.41) is 0. The van der Waals surface area contributed by atoms with Crippen molar-refractivity contribution < 1.29 is 42.1 Å². The fourth-order valence-corrected chi connectivity index (χ4v) is 25.5. The van der Waals surface area contributed by atoms with Crippen molar-refractivity contribution in [1.82, 2.24) is 8.75 Å². The molecule has 3 aromatic heterocycles. The first-order valence-corrected chi connectivity index (χ1v) is 47.0. The van der Waals surface area contributed by atoms with E-state index in [4.69, 9.17) is 25.7 Å². The third-order valence-electron chi connectivity index (χ3n) is 15.8. The fraction of sp³-hybridized carbons (Fsp3) is 0.585. The van der Waals surface area contributed by atoms with Crippen molar-refractivity contribution in [3.8, 4) is 44.6 Å². The number of hydrogen-bond donors (Lipinski definition) is 0. The molecular formula is C82H128N2P4Pt2S3+4. The standard InChI is InChI=1S/C18H6N2S3.4C12H27P.2C8H5.2Pt/c1-3-11-5-9-15(21-11)13-7-8-14(18-17(13)19-23-20-18)16-10-6-12(4-2)22-16;4*1-4-7-10-13(11-8-5-2)12-9-6-3;2*1-2-8-6-4-3-5-7-8;;/h5-10H;4*4-12H2,1-3H3;2*3-7H;;/q-2;;;;;2*-1;2*+2/p+4. The second-order valence-electron chi connectivity index (χ2n) is 23.9. The van der Waals surface area contributed by atoms with Crippen LogP contribution in [0, 0.1) is 49.4 Å². The van der Waals surface area contributed by atoms with Crippen molar-refractivity contribution in [1.29, 1.82) is 0 Å². The van der Waals surface area contributed by atoms with E-state index in [-0.39, 0.29) is 73.8 Å². The van der Waals surface area contributed by atoms with E-state index < -0.39 is 0 Å². The van der Waals surface area contributed by atoms with Crippen molar-refractivity contribution in [2.24, 2.45) is 0 Å². The summed E-state index contributed by atoms with van der Waals surface area (Å²) in [6.07, 6.45) is 81.5. The molecule has 0 N–H and O–H groups in total. The van der Waals surface area contributed by atoms with Crippen LogP contribution in [0.1, 0.15) is 258 Å². The van der Waals surface area contributed by atoms with Crippen LogP contribution in [0.3, 0.4) is 0 Å². The molecule has 3 aromatic carbocycles. The molecule has 0 fully saturated rings. The molecule has 0 bridgehead atoms. The molecule has 0 unspecified atom stereocenters. The summed E-state index contributed by atoms with van der Waals surface area (Å²) in [6.45, 7) is 27.8. The molecule has 0 radical (unpaired) electrons. The second-order valence-corrected chi connectivity index (χ2v) is 38.6. The molecule has 0 atom stereocenters. The molecule has 0 saturated carbocycles. The number of nitrogens with zero attached hydrogens (tertiary/aromatic N) is 2. The molecule has 0 spiro atoms. The van der Waals surface area contributed by atoms with Crippen molar-refractivity contribution in [3.05, 3.63) is 144 Å². The van der Waals surface area contributed by atoms with Gasteiger partial charge in [0, 0.05) is 52.6 Å². The molecule has 0 aliphatic rings. The first-order valence-electron chi connectivity index (χ1n) is 36.2. The van der Waals surface area contributed by atoms with E-state index in [0.717, 1.165) is 52.8 Å². The molecule has 3 heterocycles. The van der Waals surface area contributed by atoms with Crippen LogP contribution in [0.4, 0.5) is 0 Å². The molecule has 2 nitrogen and oxygen atoms in total. The Labute approximate surface area is 621 Å². The van der Waals surface area contributed by atoms with Crippen LogP contribution in [-0.2, 0) is 42.1 Å². The van der Waals surface area contributed by atoms with Crippen LogP contribution < -0.4 is 0 Å². The van der Waals surface area contributed by atoms with Crippen LogP contribution in [0.15, 0.2) is 97.1 Å². The van der Waals surface area contributed by atoms with Crippen LogP contribution in [0.25, 0.3) is 31.9 Å². The molecule has 0 aliphatic carbocycles. The zero-order valence-electron chi connectivity index (χ0n) is 60.4. The van der Waals surface area contributed by atoms with Crippen LogP contribution in [0.5, 0.6) is 0 Å². The molecule has 0 aliphatic heterocycles. The number of thiophene rings is 2. The van der Waals surface area contributed by atoms with Gasteiger partial charge in [-0.05, 0) is 77.0 Å². The summed E-state index contributed by atoms with van der Waals surface area (Å²) < 4.78 is 8.93. The Hall–Kier alpha value is -1.78.